The first kappa shape index (κ1) is 34.9. The number of imide groups is 1. The van der Waals surface area contributed by atoms with Crippen LogP contribution in [0.25, 0.3) is 0 Å². The normalized spacial score (nSPS) is 14.7. The van der Waals surface area contributed by atoms with Gasteiger partial charge in [0.1, 0.15) is 24.8 Å². The lowest BCUT2D eigenvalue weighted by Gasteiger charge is -2.40. The van der Waals surface area contributed by atoms with Gasteiger partial charge in [-0.1, -0.05) is 78.9 Å². The molecule has 0 aliphatic heterocycles. The van der Waals surface area contributed by atoms with Crippen molar-refractivity contribution < 1.29 is 33.6 Å². The summed E-state index contributed by atoms with van der Waals surface area (Å²) in [5, 5.41) is 12.0. The number of nitrogens with zero attached hydrogens (tertiary/aromatic N) is 2. The van der Waals surface area contributed by atoms with Crippen LogP contribution >= 0.6 is 0 Å². The van der Waals surface area contributed by atoms with Gasteiger partial charge in [0.15, 0.2) is 0 Å². The fourth-order valence-electron chi connectivity index (χ4n) is 5.01. The zero-order valence-corrected chi connectivity index (χ0v) is 26.3. The summed E-state index contributed by atoms with van der Waals surface area (Å²) in [6.07, 6.45) is -2.90. The largest absolute Gasteiger partial charge is 0.443 e. The second-order valence-corrected chi connectivity index (χ2v) is 12.3. The van der Waals surface area contributed by atoms with E-state index in [0.717, 1.165) is 16.0 Å². The Kier molecular flexibility index (Phi) is 12.0. The first-order valence-corrected chi connectivity index (χ1v) is 14.8. The Bertz CT molecular complexity index is 1430. The molecule has 0 aliphatic rings. The lowest BCUT2D eigenvalue weighted by molar-refractivity contribution is -0.958. The number of primary amides is 1. The molecule has 240 valence electrons. The van der Waals surface area contributed by atoms with Gasteiger partial charge in [0.25, 0.3) is 5.91 Å². The predicted molar refractivity (Wildman–Crippen MR) is 170 cm³/mol. The number of carbonyl (C=O) groups is 4. The van der Waals surface area contributed by atoms with Gasteiger partial charge in [-0.25, -0.2) is 14.3 Å². The van der Waals surface area contributed by atoms with Gasteiger partial charge < -0.3 is 21.3 Å². The van der Waals surface area contributed by atoms with Crippen molar-refractivity contribution in [2.75, 3.05) is 13.6 Å². The number of ether oxygens (including phenoxy) is 1. The van der Waals surface area contributed by atoms with Crippen LogP contribution in [0.15, 0.2) is 91.0 Å². The topological polar surface area (TPSA) is 165 Å². The van der Waals surface area contributed by atoms with Crippen LogP contribution in [-0.4, -0.2) is 75.8 Å². The summed E-state index contributed by atoms with van der Waals surface area (Å²) in [6, 6.07) is 24.5. The Labute approximate surface area is 264 Å². The molecule has 0 bridgehead atoms. The van der Waals surface area contributed by atoms with Crippen LogP contribution in [-0.2, 0) is 27.3 Å². The van der Waals surface area contributed by atoms with Gasteiger partial charge in [-0.3, -0.25) is 14.4 Å². The number of likely N-dealkylation sites (N-methyl/N-ethyl adjacent to an activating group) is 1. The Balaban J connectivity index is 2.07. The number of benzene rings is 3. The minimum absolute atomic E-state index is 0.0360. The number of carbonyl (C=O) groups excluding carboxylic acids is 4. The summed E-state index contributed by atoms with van der Waals surface area (Å²) in [4.78, 5) is 53.3. The highest BCUT2D eigenvalue weighted by Gasteiger charge is 2.43. The molecule has 11 nitrogen and oxygen atoms in total. The average molecular weight is 619 g/mol. The van der Waals surface area contributed by atoms with E-state index >= 15 is 0 Å². The van der Waals surface area contributed by atoms with E-state index < -0.39 is 48.1 Å². The summed E-state index contributed by atoms with van der Waals surface area (Å²) in [6.45, 7) is 5.09. The monoisotopic (exact) mass is 618 g/mol. The van der Waals surface area contributed by atoms with E-state index in [1.807, 2.05) is 36.4 Å². The number of hydrogen-bond acceptors (Lipinski definition) is 7. The molecule has 0 aromatic heterocycles. The van der Waals surface area contributed by atoms with E-state index in [2.05, 4.69) is 5.43 Å². The van der Waals surface area contributed by atoms with Crippen LogP contribution in [0.5, 0.6) is 0 Å². The van der Waals surface area contributed by atoms with Crippen molar-refractivity contribution in [1.82, 2.24) is 10.3 Å². The third-order valence-corrected chi connectivity index (χ3v) is 7.00. The number of amides is 4. The highest BCUT2D eigenvalue weighted by molar-refractivity contribution is 5.97. The fraction of sp³-hybridized carbons (Fsp3) is 0.353. The number of aliphatic hydroxyl groups excluding tert-OH is 1. The first-order valence-electron chi connectivity index (χ1n) is 14.8. The lowest BCUT2D eigenvalue weighted by atomic mass is 9.97. The zero-order chi connectivity index (χ0) is 33.2. The van der Waals surface area contributed by atoms with Crippen LogP contribution in [0.1, 0.15) is 48.7 Å². The molecule has 3 rings (SSSR count). The molecular formula is C34H44N5O6+. The maximum absolute atomic E-state index is 13.8. The summed E-state index contributed by atoms with van der Waals surface area (Å²) in [7, 11) is 1.75. The number of nitrogens with one attached hydrogen (secondary N) is 1. The van der Waals surface area contributed by atoms with Crippen LogP contribution in [0.4, 0.5) is 4.79 Å². The molecule has 6 N–H and O–H groups in total. The Morgan fingerprint density at radius 1 is 0.889 bits per heavy atom. The minimum Gasteiger partial charge on any atom is -0.443 e. The van der Waals surface area contributed by atoms with Crippen LogP contribution in [0.3, 0.4) is 0 Å². The van der Waals surface area contributed by atoms with Gasteiger partial charge in [0, 0.05) is 11.1 Å². The maximum atomic E-state index is 13.8. The molecule has 0 spiro atoms. The summed E-state index contributed by atoms with van der Waals surface area (Å²) in [5.74, 6) is -2.12. The van der Waals surface area contributed by atoms with E-state index in [9.17, 15) is 24.3 Å². The van der Waals surface area contributed by atoms with Crippen molar-refractivity contribution in [1.29, 1.82) is 0 Å². The molecule has 0 fully saturated rings. The molecular weight excluding hydrogens is 574 g/mol. The second kappa shape index (κ2) is 15.4. The smallest absolute Gasteiger partial charge is 0.417 e. The van der Waals surface area contributed by atoms with E-state index in [1.165, 1.54) is 0 Å². The number of quaternary nitrogens is 1. The molecule has 0 heterocycles. The van der Waals surface area contributed by atoms with E-state index in [-0.39, 0.29) is 30.0 Å². The van der Waals surface area contributed by atoms with Crippen molar-refractivity contribution in [3.8, 4) is 0 Å². The SMILES string of the molecule is CC(C)(C)OC(=O)N(C(=O)[C@@H](N)CC(N)=O)[C@@H](Cc1ccccc1)[C@@H](O)C[N+](C)(Cc1ccccc1)NC(=O)c1ccccc1. The first-order chi connectivity index (χ1) is 21.2. The highest BCUT2D eigenvalue weighted by Crippen LogP contribution is 2.22. The molecule has 0 aliphatic carbocycles. The highest BCUT2D eigenvalue weighted by atomic mass is 16.6. The number of aliphatic hydroxyl groups is 1. The predicted octanol–water partition coefficient (Wildman–Crippen LogP) is 2.92. The minimum atomic E-state index is -1.46. The van der Waals surface area contributed by atoms with Gasteiger partial charge >= 0.3 is 6.09 Å². The zero-order valence-electron chi connectivity index (χ0n) is 26.3. The molecule has 11 heteroatoms. The number of hydrogen-bond donors (Lipinski definition) is 4. The lowest BCUT2D eigenvalue weighted by Crippen LogP contribution is -2.64. The molecule has 3 aromatic rings. The molecule has 0 radical (unpaired) electrons. The number of rotatable bonds is 13. The van der Waals surface area contributed by atoms with Gasteiger partial charge in [-0.05, 0) is 44.9 Å². The third-order valence-electron chi connectivity index (χ3n) is 7.00. The Hall–Kier alpha value is -4.58. The summed E-state index contributed by atoms with van der Waals surface area (Å²) < 4.78 is 5.42. The van der Waals surface area contributed by atoms with E-state index in [4.69, 9.17) is 16.2 Å². The molecule has 45 heavy (non-hydrogen) atoms. The third kappa shape index (κ3) is 10.8. The van der Waals surface area contributed by atoms with Crippen LogP contribution < -0.4 is 16.9 Å². The van der Waals surface area contributed by atoms with Crippen LogP contribution in [0, 0.1) is 0 Å². The fourth-order valence-corrected chi connectivity index (χ4v) is 5.01. The van der Waals surface area contributed by atoms with Crippen molar-refractivity contribution in [3.05, 3.63) is 108 Å². The van der Waals surface area contributed by atoms with Crippen LogP contribution in [0.2, 0.25) is 0 Å². The van der Waals surface area contributed by atoms with Crippen molar-refractivity contribution in [2.45, 2.75) is 63.9 Å². The van der Waals surface area contributed by atoms with Gasteiger partial charge in [0.2, 0.25) is 11.8 Å². The molecule has 4 atom stereocenters. The van der Waals surface area contributed by atoms with E-state index in [1.54, 1.807) is 82.4 Å². The van der Waals surface area contributed by atoms with Crippen molar-refractivity contribution in [3.63, 3.8) is 0 Å². The second-order valence-electron chi connectivity index (χ2n) is 12.3. The molecule has 4 amide bonds. The summed E-state index contributed by atoms with van der Waals surface area (Å²) in [5.41, 5.74) is 15.4. The maximum Gasteiger partial charge on any atom is 0.417 e. The molecule has 3 aromatic carbocycles. The van der Waals surface area contributed by atoms with Crippen molar-refractivity contribution in [2.24, 2.45) is 11.5 Å². The Morgan fingerprint density at radius 3 is 1.91 bits per heavy atom. The number of nitrogens with two attached hydrogens (primary N) is 2. The molecule has 0 saturated carbocycles. The quantitative estimate of drug-likeness (QED) is 0.169. The standard InChI is InChI=1S/C34H43N5O6/c1-34(2,3)45-33(44)38(32(43)27(35)21-30(36)41)28(20-24-14-8-5-9-15-24)29(40)23-39(4,22-25-16-10-6-11-17-25)37-31(42)26-18-12-7-13-19-26/h5-19,27-29,40H,20-23,35H2,1-4H3,(H2-,36,37,41,42)/p+1/t27-,28-,29-,39?/m0/s1. The summed E-state index contributed by atoms with van der Waals surface area (Å²) >= 11 is 0. The van der Waals surface area contributed by atoms with E-state index in [0.29, 0.717) is 5.56 Å². The molecule has 0 saturated heterocycles. The van der Waals surface area contributed by atoms with Gasteiger partial charge in [0.05, 0.1) is 25.6 Å². The average Bonchev–Trinajstić information content (AvgIpc) is 2.96. The van der Waals surface area contributed by atoms with Gasteiger partial charge in [-0.2, -0.15) is 5.43 Å². The Morgan fingerprint density at radius 2 is 1.40 bits per heavy atom. The molecule has 1 unspecified atom stereocenters. The van der Waals surface area contributed by atoms with Crippen molar-refractivity contribution >= 4 is 23.8 Å². The van der Waals surface area contributed by atoms with Gasteiger partial charge in [-0.15, -0.1) is 0 Å².